The molecule has 0 aromatic carbocycles. The Balaban J connectivity index is 1.85. The first-order valence-electron chi connectivity index (χ1n) is 8.54. The summed E-state index contributed by atoms with van der Waals surface area (Å²) in [6.07, 6.45) is 1.01. The van der Waals surface area contributed by atoms with Crippen molar-refractivity contribution in [1.29, 1.82) is 0 Å². The number of hydrogen-bond acceptors (Lipinski definition) is 4. The van der Waals surface area contributed by atoms with Crippen molar-refractivity contribution in [2.45, 2.75) is 26.3 Å². The van der Waals surface area contributed by atoms with Gasteiger partial charge < -0.3 is 15.5 Å². The van der Waals surface area contributed by atoms with Gasteiger partial charge in [-0.2, -0.15) is 0 Å². The average molecular weight is 339 g/mol. The predicted molar refractivity (Wildman–Crippen MR) is 97.0 cm³/mol. The van der Waals surface area contributed by atoms with Crippen molar-refractivity contribution in [3.8, 4) is 0 Å². The van der Waals surface area contributed by atoms with Gasteiger partial charge in [0.25, 0.3) is 0 Å². The number of nitrogens with one attached hydrogen (secondary N) is 2. The van der Waals surface area contributed by atoms with Crippen LogP contribution in [0.5, 0.6) is 0 Å². The van der Waals surface area contributed by atoms with Gasteiger partial charge in [0.1, 0.15) is 0 Å². The van der Waals surface area contributed by atoms with Crippen LogP contribution in [0.15, 0.2) is 17.5 Å². The van der Waals surface area contributed by atoms with Crippen LogP contribution < -0.4 is 10.6 Å². The fourth-order valence-electron chi connectivity index (χ4n) is 2.75. The molecule has 6 heteroatoms. The van der Waals surface area contributed by atoms with Gasteiger partial charge in [0, 0.05) is 44.1 Å². The zero-order chi connectivity index (χ0) is 16.7. The van der Waals surface area contributed by atoms with E-state index in [0.29, 0.717) is 12.5 Å². The van der Waals surface area contributed by atoms with Crippen molar-refractivity contribution in [1.82, 2.24) is 20.4 Å². The number of nitrogens with zero attached hydrogens (tertiary/aromatic N) is 2. The van der Waals surface area contributed by atoms with Crippen molar-refractivity contribution < 1.29 is 4.79 Å². The topological polar surface area (TPSA) is 47.6 Å². The summed E-state index contributed by atoms with van der Waals surface area (Å²) in [7, 11) is 2.16. The first-order chi connectivity index (χ1) is 11.1. The number of hydrogen-bond donors (Lipinski definition) is 2. The molecule has 1 aromatic heterocycles. The van der Waals surface area contributed by atoms with Crippen LogP contribution in [0.4, 0.5) is 4.79 Å². The van der Waals surface area contributed by atoms with E-state index in [0.717, 1.165) is 39.1 Å². The SMILES string of the molecule is CC(C)CCNC(=O)NCC(c1cccs1)N1CCN(C)CC1. The highest BCUT2D eigenvalue weighted by Gasteiger charge is 2.24. The summed E-state index contributed by atoms with van der Waals surface area (Å²) in [5, 5.41) is 8.12. The van der Waals surface area contributed by atoms with E-state index in [9.17, 15) is 4.79 Å². The van der Waals surface area contributed by atoms with E-state index < -0.39 is 0 Å². The molecule has 1 fully saturated rings. The molecular weight excluding hydrogens is 308 g/mol. The molecule has 23 heavy (non-hydrogen) atoms. The molecule has 1 saturated heterocycles. The van der Waals surface area contributed by atoms with E-state index >= 15 is 0 Å². The lowest BCUT2D eigenvalue weighted by molar-refractivity contribution is 0.112. The van der Waals surface area contributed by atoms with Gasteiger partial charge in [-0.25, -0.2) is 4.79 Å². The molecule has 0 radical (unpaired) electrons. The minimum Gasteiger partial charge on any atom is -0.338 e. The highest BCUT2D eigenvalue weighted by molar-refractivity contribution is 7.10. The zero-order valence-electron chi connectivity index (χ0n) is 14.5. The summed E-state index contributed by atoms with van der Waals surface area (Å²) in [5.74, 6) is 0.611. The van der Waals surface area contributed by atoms with Crippen molar-refractivity contribution in [2.75, 3.05) is 46.3 Å². The molecular formula is C17H30N4OS. The normalized spacial score (nSPS) is 18.1. The van der Waals surface area contributed by atoms with Crippen LogP contribution in [0.2, 0.25) is 0 Å². The summed E-state index contributed by atoms with van der Waals surface area (Å²) < 4.78 is 0. The van der Waals surface area contributed by atoms with Gasteiger partial charge in [0.2, 0.25) is 0 Å². The first-order valence-corrected chi connectivity index (χ1v) is 9.42. The van der Waals surface area contributed by atoms with E-state index in [1.54, 1.807) is 11.3 Å². The number of rotatable bonds is 7. The highest BCUT2D eigenvalue weighted by Crippen LogP contribution is 2.25. The highest BCUT2D eigenvalue weighted by atomic mass is 32.1. The van der Waals surface area contributed by atoms with Crippen LogP contribution in [0.3, 0.4) is 0 Å². The minimum absolute atomic E-state index is 0.0543. The molecule has 2 amide bonds. The molecule has 1 aromatic rings. The number of carbonyl (C=O) groups is 1. The number of thiophene rings is 1. The summed E-state index contributed by atoms with van der Waals surface area (Å²) >= 11 is 1.77. The molecule has 1 unspecified atom stereocenters. The monoisotopic (exact) mass is 338 g/mol. The Kier molecular flexibility index (Phi) is 7.33. The maximum atomic E-state index is 12.0. The second-order valence-electron chi connectivity index (χ2n) is 6.69. The van der Waals surface area contributed by atoms with Crippen LogP contribution in [0, 0.1) is 5.92 Å². The second-order valence-corrected chi connectivity index (χ2v) is 7.67. The number of likely N-dealkylation sites (N-methyl/N-ethyl adjacent to an activating group) is 1. The zero-order valence-corrected chi connectivity index (χ0v) is 15.4. The molecule has 130 valence electrons. The third-order valence-corrected chi connectivity index (χ3v) is 5.29. The smallest absolute Gasteiger partial charge is 0.314 e. The standard InChI is InChI=1S/C17H30N4OS/c1-14(2)6-7-18-17(22)19-13-15(16-5-4-12-23-16)21-10-8-20(3)9-11-21/h4-5,12,14-15H,6-11,13H2,1-3H3,(H2,18,19,22). The van der Waals surface area contributed by atoms with E-state index in [-0.39, 0.29) is 12.1 Å². The van der Waals surface area contributed by atoms with Crippen LogP contribution in [0.25, 0.3) is 0 Å². The van der Waals surface area contributed by atoms with Gasteiger partial charge in [0.15, 0.2) is 0 Å². The number of carbonyl (C=O) groups excluding carboxylic acids is 1. The van der Waals surface area contributed by atoms with Gasteiger partial charge in [-0.3, -0.25) is 4.90 Å². The molecule has 2 N–H and O–H groups in total. The molecule has 2 heterocycles. The molecule has 1 atom stereocenters. The molecule has 0 spiro atoms. The first kappa shape index (κ1) is 18.2. The summed E-state index contributed by atoms with van der Waals surface area (Å²) in [5.41, 5.74) is 0. The van der Waals surface area contributed by atoms with Crippen molar-refractivity contribution in [2.24, 2.45) is 5.92 Å². The van der Waals surface area contributed by atoms with Gasteiger partial charge in [-0.1, -0.05) is 19.9 Å². The third kappa shape index (κ3) is 6.12. The van der Waals surface area contributed by atoms with E-state index in [2.05, 4.69) is 58.8 Å². The van der Waals surface area contributed by atoms with Gasteiger partial charge >= 0.3 is 6.03 Å². The summed E-state index contributed by atoms with van der Waals surface area (Å²) in [4.78, 5) is 18.2. The maximum absolute atomic E-state index is 12.0. The Bertz CT molecular complexity index is 455. The maximum Gasteiger partial charge on any atom is 0.314 e. The van der Waals surface area contributed by atoms with Gasteiger partial charge in [-0.05, 0) is 30.8 Å². The second kappa shape index (κ2) is 9.25. The molecule has 1 aliphatic heterocycles. The largest absolute Gasteiger partial charge is 0.338 e. The molecule has 0 aliphatic carbocycles. The fourth-order valence-corrected chi connectivity index (χ4v) is 3.61. The van der Waals surface area contributed by atoms with Crippen molar-refractivity contribution in [3.05, 3.63) is 22.4 Å². The number of piperazine rings is 1. The van der Waals surface area contributed by atoms with E-state index in [1.165, 1.54) is 4.88 Å². The van der Waals surface area contributed by atoms with Crippen molar-refractivity contribution >= 4 is 17.4 Å². The van der Waals surface area contributed by atoms with E-state index in [4.69, 9.17) is 0 Å². The molecule has 0 bridgehead atoms. The quantitative estimate of drug-likeness (QED) is 0.802. The van der Waals surface area contributed by atoms with Crippen LogP contribution >= 0.6 is 11.3 Å². The lowest BCUT2D eigenvalue weighted by Crippen LogP contribution is -2.49. The Morgan fingerprint density at radius 3 is 2.61 bits per heavy atom. The molecule has 0 saturated carbocycles. The molecule has 2 rings (SSSR count). The lowest BCUT2D eigenvalue weighted by Gasteiger charge is -2.37. The van der Waals surface area contributed by atoms with Crippen LogP contribution in [-0.2, 0) is 0 Å². The lowest BCUT2D eigenvalue weighted by atomic mass is 10.1. The Labute approximate surface area is 144 Å². The average Bonchev–Trinajstić information content (AvgIpc) is 3.03. The van der Waals surface area contributed by atoms with Crippen LogP contribution in [-0.4, -0.2) is 62.1 Å². The number of urea groups is 1. The van der Waals surface area contributed by atoms with Gasteiger partial charge in [0.05, 0.1) is 6.04 Å². The van der Waals surface area contributed by atoms with Crippen molar-refractivity contribution in [3.63, 3.8) is 0 Å². The molecule has 1 aliphatic rings. The van der Waals surface area contributed by atoms with Crippen LogP contribution in [0.1, 0.15) is 31.2 Å². The Morgan fingerprint density at radius 1 is 1.26 bits per heavy atom. The Hall–Kier alpha value is -1.11. The summed E-state index contributed by atoms with van der Waals surface area (Å²) in [6, 6.07) is 4.48. The number of amides is 2. The Morgan fingerprint density at radius 2 is 2.00 bits per heavy atom. The van der Waals surface area contributed by atoms with Gasteiger partial charge in [-0.15, -0.1) is 11.3 Å². The molecule has 5 nitrogen and oxygen atoms in total. The minimum atomic E-state index is -0.0543. The third-order valence-electron chi connectivity index (χ3n) is 4.31. The predicted octanol–water partition coefficient (Wildman–Crippen LogP) is 2.38. The fraction of sp³-hybridized carbons (Fsp3) is 0.706. The summed E-state index contributed by atoms with van der Waals surface area (Å²) in [6.45, 7) is 10.0. The van der Waals surface area contributed by atoms with E-state index in [1.807, 2.05) is 0 Å².